The molecule has 0 spiro atoms. The molecule has 3 rings (SSSR count). The van der Waals surface area contributed by atoms with Crippen LogP contribution in [-0.2, 0) is 0 Å². The predicted molar refractivity (Wildman–Crippen MR) is 87.7 cm³/mol. The molecule has 21 heavy (non-hydrogen) atoms. The van der Waals surface area contributed by atoms with Gasteiger partial charge in [0.2, 0.25) is 0 Å². The van der Waals surface area contributed by atoms with Crippen LogP contribution in [0.3, 0.4) is 0 Å². The number of rotatable bonds is 2. The van der Waals surface area contributed by atoms with Crippen LogP contribution in [0.5, 0.6) is 0 Å². The average molecular weight is 323 g/mol. The molecule has 4 nitrogen and oxygen atoms in total. The fourth-order valence-corrected chi connectivity index (χ4v) is 2.93. The SMILES string of the molecule is Cc1cncc(N2CCN(c3cccc(Cl)c3Cl)CC2)n1. The molecule has 2 aromatic rings. The number of hydrogen-bond donors (Lipinski definition) is 0. The van der Waals surface area contributed by atoms with Gasteiger partial charge < -0.3 is 9.80 Å². The molecule has 0 unspecified atom stereocenters. The first-order chi connectivity index (χ1) is 10.1. The first-order valence-electron chi connectivity index (χ1n) is 6.88. The van der Waals surface area contributed by atoms with Crippen molar-refractivity contribution in [2.75, 3.05) is 36.0 Å². The van der Waals surface area contributed by atoms with Crippen LogP contribution in [0, 0.1) is 6.92 Å². The Labute approximate surface area is 134 Å². The van der Waals surface area contributed by atoms with Gasteiger partial charge >= 0.3 is 0 Å². The number of piperazine rings is 1. The number of aryl methyl sites for hydroxylation is 1. The highest BCUT2D eigenvalue weighted by Crippen LogP contribution is 2.33. The Morgan fingerprint density at radius 3 is 2.43 bits per heavy atom. The molecule has 0 saturated carbocycles. The summed E-state index contributed by atoms with van der Waals surface area (Å²) in [5, 5.41) is 1.23. The third kappa shape index (κ3) is 3.06. The third-order valence-electron chi connectivity index (χ3n) is 3.62. The molecule has 6 heteroatoms. The second kappa shape index (κ2) is 6.08. The lowest BCUT2D eigenvalue weighted by Gasteiger charge is -2.37. The van der Waals surface area contributed by atoms with Gasteiger partial charge in [-0.05, 0) is 19.1 Å². The van der Waals surface area contributed by atoms with E-state index < -0.39 is 0 Å². The Hall–Kier alpha value is -1.52. The van der Waals surface area contributed by atoms with Crippen molar-refractivity contribution >= 4 is 34.7 Å². The van der Waals surface area contributed by atoms with Gasteiger partial charge in [0, 0.05) is 32.4 Å². The molecule has 1 fully saturated rings. The van der Waals surface area contributed by atoms with Crippen molar-refractivity contribution in [1.82, 2.24) is 9.97 Å². The molecule has 1 saturated heterocycles. The maximum Gasteiger partial charge on any atom is 0.147 e. The highest BCUT2D eigenvalue weighted by atomic mass is 35.5. The second-order valence-electron chi connectivity index (χ2n) is 5.07. The van der Waals surface area contributed by atoms with Crippen LogP contribution >= 0.6 is 23.2 Å². The van der Waals surface area contributed by atoms with E-state index in [2.05, 4.69) is 19.8 Å². The maximum absolute atomic E-state index is 6.29. The highest BCUT2D eigenvalue weighted by molar-refractivity contribution is 6.43. The van der Waals surface area contributed by atoms with Gasteiger partial charge in [-0.1, -0.05) is 29.3 Å². The zero-order valence-electron chi connectivity index (χ0n) is 11.8. The number of benzene rings is 1. The molecule has 0 amide bonds. The number of aromatic nitrogens is 2. The van der Waals surface area contributed by atoms with Crippen LogP contribution < -0.4 is 9.80 Å². The summed E-state index contributed by atoms with van der Waals surface area (Å²) in [7, 11) is 0. The van der Waals surface area contributed by atoms with E-state index in [-0.39, 0.29) is 0 Å². The van der Waals surface area contributed by atoms with Crippen molar-refractivity contribution in [3.05, 3.63) is 46.3 Å². The van der Waals surface area contributed by atoms with E-state index in [0.717, 1.165) is 43.4 Å². The van der Waals surface area contributed by atoms with Crippen LogP contribution in [0.4, 0.5) is 11.5 Å². The van der Waals surface area contributed by atoms with E-state index >= 15 is 0 Å². The standard InChI is InChI=1S/C15H16Cl2N4/c1-11-9-18-10-14(19-11)21-7-5-20(6-8-21)13-4-2-3-12(16)15(13)17/h2-4,9-10H,5-8H2,1H3. The lowest BCUT2D eigenvalue weighted by Crippen LogP contribution is -2.47. The molecular formula is C15H16Cl2N4. The molecule has 0 N–H and O–H groups in total. The van der Waals surface area contributed by atoms with Crippen LogP contribution in [0.2, 0.25) is 10.0 Å². The molecule has 0 atom stereocenters. The summed E-state index contributed by atoms with van der Waals surface area (Å²) in [4.78, 5) is 13.2. The first-order valence-corrected chi connectivity index (χ1v) is 7.63. The largest absolute Gasteiger partial charge is 0.367 e. The van der Waals surface area contributed by atoms with E-state index in [1.54, 1.807) is 6.20 Å². The summed E-state index contributed by atoms with van der Waals surface area (Å²) >= 11 is 12.4. The molecule has 110 valence electrons. The minimum atomic E-state index is 0.598. The zero-order chi connectivity index (χ0) is 14.8. The van der Waals surface area contributed by atoms with E-state index in [9.17, 15) is 0 Å². The minimum absolute atomic E-state index is 0.598. The van der Waals surface area contributed by atoms with E-state index in [4.69, 9.17) is 23.2 Å². The van der Waals surface area contributed by atoms with Crippen LogP contribution in [0.1, 0.15) is 5.69 Å². The smallest absolute Gasteiger partial charge is 0.147 e. The normalized spacial score (nSPS) is 15.4. The van der Waals surface area contributed by atoms with Crippen molar-refractivity contribution in [3.8, 4) is 0 Å². The minimum Gasteiger partial charge on any atom is -0.367 e. The van der Waals surface area contributed by atoms with Crippen LogP contribution in [0.25, 0.3) is 0 Å². The van der Waals surface area contributed by atoms with Crippen LogP contribution in [0.15, 0.2) is 30.6 Å². The fraction of sp³-hybridized carbons (Fsp3) is 0.333. The van der Waals surface area contributed by atoms with Crippen LogP contribution in [-0.4, -0.2) is 36.1 Å². The number of nitrogens with zero attached hydrogens (tertiary/aromatic N) is 4. The fourth-order valence-electron chi connectivity index (χ4n) is 2.52. The Morgan fingerprint density at radius 1 is 1.00 bits per heavy atom. The molecule has 1 aliphatic rings. The van der Waals surface area contributed by atoms with Gasteiger partial charge in [-0.2, -0.15) is 0 Å². The molecule has 0 radical (unpaired) electrons. The summed E-state index contributed by atoms with van der Waals surface area (Å²) in [6.07, 6.45) is 3.58. The van der Waals surface area contributed by atoms with Gasteiger partial charge in [0.25, 0.3) is 0 Å². The van der Waals surface area contributed by atoms with E-state index in [1.165, 1.54) is 0 Å². The Morgan fingerprint density at radius 2 is 1.71 bits per heavy atom. The van der Waals surface area contributed by atoms with E-state index in [0.29, 0.717) is 10.0 Å². The van der Waals surface area contributed by atoms with Crippen molar-refractivity contribution in [1.29, 1.82) is 0 Å². The van der Waals surface area contributed by atoms with Crippen molar-refractivity contribution < 1.29 is 0 Å². The second-order valence-corrected chi connectivity index (χ2v) is 5.85. The molecule has 0 bridgehead atoms. The summed E-state index contributed by atoms with van der Waals surface area (Å²) in [5.74, 6) is 0.937. The number of anilines is 2. The lowest BCUT2D eigenvalue weighted by molar-refractivity contribution is 0.645. The van der Waals surface area contributed by atoms with E-state index in [1.807, 2.05) is 31.3 Å². The third-order valence-corrected chi connectivity index (χ3v) is 4.43. The Balaban J connectivity index is 1.72. The first kappa shape index (κ1) is 14.4. The summed E-state index contributed by atoms with van der Waals surface area (Å²) in [6.45, 7) is 5.51. The molecular weight excluding hydrogens is 307 g/mol. The summed E-state index contributed by atoms with van der Waals surface area (Å²) < 4.78 is 0. The van der Waals surface area contributed by atoms with Crippen molar-refractivity contribution in [3.63, 3.8) is 0 Å². The van der Waals surface area contributed by atoms with Gasteiger partial charge in [-0.3, -0.25) is 4.98 Å². The molecule has 1 aromatic heterocycles. The quantitative estimate of drug-likeness (QED) is 0.848. The molecule has 0 aliphatic carbocycles. The molecule has 1 aromatic carbocycles. The monoisotopic (exact) mass is 322 g/mol. The van der Waals surface area contributed by atoms with Gasteiger partial charge in [-0.15, -0.1) is 0 Å². The number of hydrogen-bond acceptors (Lipinski definition) is 4. The highest BCUT2D eigenvalue weighted by Gasteiger charge is 2.20. The van der Waals surface area contributed by atoms with Crippen molar-refractivity contribution in [2.24, 2.45) is 0 Å². The Bertz CT molecular complexity index is 639. The maximum atomic E-state index is 6.29. The number of halogens is 2. The average Bonchev–Trinajstić information content (AvgIpc) is 2.50. The lowest BCUT2D eigenvalue weighted by atomic mass is 10.2. The topological polar surface area (TPSA) is 32.3 Å². The Kier molecular flexibility index (Phi) is 4.17. The van der Waals surface area contributed by atoms with Gasteiger partial charge in [-0.25, -0.2) is 4.98 Å². The van der Waals surface area contributed by atoms with Crippen molar-refractivity contribution in [2.45, 2.75) is 6.92 Å². The van der Waals surface area contributed by atoms with Gasteiger partial charge in [0.05, 0.1) is 27.6 Å². The predicted octanol–water partition coefficient (Wildman–Crippen LogP) is 3.42. The zero-order valence-corrected chi connectivity index (χ0v) is 13.3. The summed E-state index contributed by atoms with van der Waals surface area (Å²) in [6, 6.07) is 5.75. The molecule has 1 aliphatic heterocycles. The van der Waals surface area contributed by atoms with Gasteiger partial charge in [0.1, 0.15) is 5.82 Å². The molecule has 2 heterocycles. The summed E-state index contributed by atoms with van der Waals surface area (Å²) in [5.41, 5.74) is 1.94. The van der Waals surface area contributed by atoms with Gasteiger partial charge in [0.15, 0.2) is 0 Å².